The fourth-order valence-electron chi connectivity index (χ4n) is 3.45. The van der Waals surface area contributed by atoms with Crippen LogP contribution in [0.1, 0.15) is 32.1 Å². The van der Waals surface area contributed by atoms with Gasteiger partial charge in [-0.2, -0.15) is 0 Å². The number of methoxy groups -OCH3 is 1. The lowest BCUT2D eigenvalue weighted by Crippen LogP contribution is -2.24. The number of nitrogens with zero attached hydrogens (tertiary/aromatic N) is 2. The van der Waals surface area contributed by atoms with Gasteiger partial charge < -0.3 is 19.8 Å². The van der Waals surface area contributed by atoms with Crippen molar-refractivity contribution in [2.75, 3.05) is 12.4 Å². The summed E-state index contributed by atoms with van der Waals surface area (Å²) in [6, 6.07) is 5.66. The van der Waals surface area contributed by atoms with Crippen LogP contribution < -0.4 is 14.8 Å². The molecule has 144 valence electrons. The van der Waals surface area contributed by atoms with E-state index < -0.39 is 0 Å². The average Bonchev–Trinajstić information content (AvgIpc) is 3.45. The number of rotatable bonds is 6. The lowest BCUT2D eigenvalue weighted by atomic mass is 9.96. The quantitative estimate of drug-likeness (QED) is 0.679. The first-order valence-electron chi connectivity index (χ1n) is 9.72. The molecule has 0 saturated heterocycles. The highest BCUT2D eigenvalue weighted by Gasteiger charge is 2.30. The van der Waals surface area contributed by atoms with Crippen molar-refractivity contribution < 1.29 is 14.3 Å². The van der Waals surface area contributed by atoms with Gasteiger partial charge in [0.15, 0.2) is 0 Å². The maximum atomic E-state index is 12.0. The molecule has 2 fully saturated rings. The van der Waals surface area contributed by atoms with Crippen LogP contribution in [-0.2, 0) is 4.79 Å². The largest absolute Gasteiger partial charge is 0.490 e. The highest BCUT2D eigenvalue weighted by Crippen LogP contribution is 2.42. The highest BCUT2D eigenvalue weighted by molar-refractivity contribution is 5.99. The third-order valence-electron chi connectivity index (χ3n) is 5.42. The van der Waals surface area contributed by atoms with E-state index in [1.165, 1.54) is 6.42 Å². The fourth-order valence-corrected chi connectivity index (χ4v) is 3.45. The molecule has 7 heteroatoms. The summed E-state index contributed by atoms with van der Waals surface area (Å²) in [6.07, 6.45) is 9.11. The van der Waals surface area contributed by atoms with Crippen LogP contribution in [0.15, 0.2) is 30.6 Å². The van der Waals surface area contributed by atoms with Gasteiger partial charge in [0.1, 0.15) is 17.2 Å². The Morgan fingerprint density at radius 1 is 1.21 bits per heavy atom. The summed E-state index contributed by atoms with van der Waals surface area (Å²) in [4.78, 5) is 24.1. The lowest BCUT2D eigenvalue weighted by molar-refractivity contribution is -0.117. The SMILES string of the molecule is COc1nccc(OC2CCC2)c1-c1c[nH]c2nc(NC(=O)C3CC3)ccc12. The van der Waals surface area contributed by atoms with Crippen LogP contribution in [-0.4, -0.2) is 34.1 Å². The van der Waals surface area contributed by atoms with E-state index >= 15 is 0 Å². The molecule has 28 heavy (non-hydrogen) atoms. The van der Waals surface area contributed by atoms with Gasteiger partial charge in [0.05, 0.1) is 18.8 Å². The van der Waals surface area contributed by atoms with Crippen molar-refractivity contribution in [2.45, 2.75) is 38.2 Å². The number of anilines is 1. The van der Waals surface area contributed by atoms with E-state index in [9.17, 15) is 4.79 Å². The first-order chi connectivity index (χ1) is 13.7. The summed E-state index contributed by atoms with van der Waals surface area (Å²) in [5.74, 6) is 2.03. The summed E-state index contributed by atoms with van der Waals surface area (Å²) < 4.78 is 11.7. The zero-order valence-electron chi connectivity index (χ0n) is 15.7. The third kappa shape index (κ3) is 3.06. The molecule has 3 aromatic heterocycles. The Hall–Kier alpha value is -3.09. The molecule has 2 aliphatic rings. The Morgan fingerprint density at radius 3 is 2.79 bits per heavy atom. The Morgan fingerprint density at radius 2 is 2.07 bits per heavy atom. The van der Waals surface area contributed by atoms with E-state index in [0.29, 0.717) is 17.3 Å². The number of amides is 1. The van der Waals surface area contributed by atoms with Gasteiger partial charge in [0, 0.05) is 29.3 Å². The highest BCUT2D eigenvalue weighted by atomic mass is 16.5. The maximum absolute atomic E-state index is 12.0. The zero-order valence-corrected chi connectivity index (χ0v) is 15.7. The zero-order chi connectivity index (χ0) is 19.1. The number of aromatic nitrogens is 3. The molecule has 0 radical (unpaired) electrons. The molecule has 2 aliphatic carbocycles. The molecule has 0 aromatic carbocycles. The van der Waals surface area contributed by atoms with Crippen molar-refractivity contribution in [3.8, 4) is 22.8 Å². The minimum atomic E-state index is 0.0451. The van der Waals surface area contributed by atoms with E-state index in [0.717, 1.165) is 47.9 Å². The number of hydrogen-bond donors (Lipinski definition) is 2. The van der Waals surface area contributed by atoms with Crippen molar-refractivity contribution in [3.63, 3.8) is 0 Å². The summed E-state index contributed by atoms with van der Waals surface area (Å²) >= 11 is 0. The molecule has 5 rings (SSSR count). The van der Waals surface area contributed by atoms with Gasteiger partial charge in [-0.1, -0.05) is 0 Å². The van der Waals surface area contributed by atoms with Crippen LogP contribution in [0.2, 0.25) is 0 Å². The first-order valence-corrected chi connectivity index (χ1v) is 9.72. The van der Waals surface area contributed by atoms with Gasteiger partial charge in [-0.15, -0.1) is 0 Å². The Labute approximate surface area is 162 Å². The molecule has 0 aliphatic heterocycles. The topological polar surface area (TPSA) is 89.1 Å². The molecule has 0 spiro atoms. The Kier molecular flexibility index (Phi) is 4.15. The van der Waals surface area contributed by atoms with Gasteiger partial charge in [-0.3, -0.25) is 4.79 Å². The number of carbonyl (C=O) groups is 1. The molecule has 0 atom stereocenters. The molecule has 2 saturated carbocycles. The Balaban J connectivity index is 1.52. The third-order valence-corrected chi connectivity index (χ3v) is 5.42. The second-order valence-corrected chi connectivity index (χ2v) is 7.42. The molecular weight excluding hydrogens is 356 g/mol. The van der Waals surface area contributed by atoms with E-state index in [1.54, 1.807) is 13.3 Å². The van der Waals surface area contributed by atoms with Crippen molar-refractivity contribution in [2.24, 2.45) is 5.92 Å². The fraction of sp³-hybridized carbons (Fsp3) is 0.381. The standard InChI is InChI=1S/C21H22N4O3/c1-27-21-18(16(9-10-22-21)28-13-3-2-4-13)15-11-23-19-14(15)7-8-17(24-19)25-20(26)12-5-6-12/h7-13H,2-6H2,1H3,(H2,23,24,25,26). The molecule has 1 amide bonds. The Bertz CT molecular complexity index is 1040. The lowest BCUT2D eigenvalue weighted by Gasteiger charge is -2.27. The second-order valence-electron chi connectivity index (χ2n) is 7.42. The van der Waals surface area contributed by atoms with Crippen LogP contribution >= 0.6 is 0 Å². The van der Waals surface area contributed by atoms with Crippen LogP contribution in [0.5, 0.6) is 11.6 Å². The summed E-state index contributed by atoms with van der Waals surface area (Å²) in [6.45, 7) is 0. The average molecular weight is 378 g/mol. The van der Waals surface area contributed by atoms with Gasteiger partial charge in [-0.25, -0.2) is 9.97 Å². The smallest absolute Gasteiger partial charge is 0.228 e. The number of fused-ring (bicyclic) bond motifs is 1. The minimum Gasteiger partial charge on any atom is -0.490 e. The predicted octanol–water partition coefficient (Wildman–Crippen LogP) is 3.91. The van der Waals surface area contributed by atoms with Crippen molar-refractivity contribution in [1.82, 2.24) is 15.0 Å². The summed E-state index contributed by atoms with van der Waals surface area (Å²) in [7, 11) is 1.61. The number of carbonyl (C=O) groups excluding carboxylic acids is 1. The van der Waals surface area contributed by atoms with Crippen molar-refractivity contribution in [1.29, 1.82) is 0 Å². The van der Waals surface area contributed by atoms with Crippen LogP contribution in [0.25, 0.3) is 22.2 Å². The van der Waals surface area contributed by atoms with Gasteiger partial charge in [0.25, 0.3) is 0 Å². The maximum Gasteiger partial charge on any atom is 0.228 e. The first kappa shape index (κ1) is 17.0. The van der Waals surface area contributed by atoms with Gasteiger partial charge in [0.2, 0.25) is 11.8 Å². The molecule has 3 heterocycles. The van der Waals surface area contributed by atoms with E-state index in [-0.39, 0.29) is 17.9 Å². The summed E-state index contributed by atoms with van der Waals surface area (Å²) in [5.41, 5.74) is 2.44. The van der Waals surface area contributed by atoms with Gasteiger partial charge in [-0.05, 0) is 50.3 Å². The van der Waals surface area contributed by atoms with Crippen LogP contribution in [0.3, 0.4) is 0 Å². The normalized spacial score (nSPS) is 16.6. The number of nitrogens with one attached hydrogen (secondary N) is 2. The molecule has 7 nitrogen and oxygen atoms in total. The van der Waals surface area contributed by atoms with Gasteiger partial charge >= 0.3 is 0 Å². The summed E-state index contributed by atoms with van der Waals surface area (Å²) in [5, 5.41) is 3.81. The molecular formula is C21H22N4O3. The number of H-pyrrole nitrogens is 1. The van der Waals surface area contributed by atoms with Crippen LogP contribution in [0, 0.1) is 5.92 Å². The van der Waals surface area contributed by atoms with E-state index in [1.807, 2.05) is 24.4 Å². The molecule has 0 unspecified atom stereocenters. The number of pyridine rings is 2. The van der Waals surface area contributed by atoms with Crippen molar-refractivity contribution in [3.05, 3.63) is 30.6 Å². The van der Waals surface area contributed by atoms with Crippen LogP contribution in [0.4, 0.5) is 5.82 Å². The number of aromatic amines is 1. The second kappa shape index (κ2) is 6.82. The molecule has 0 bridgehead atoms. The van der Waals surface area contributed by atoms with E-state index in [4.69, 9.17) is 9.47 Å². The predicted molar refractivity (Wildman–Crippen MR) is 105 cm³/mol. The van der Waals surface area contributed by atoms with E-state index in [2.05, 4.69) is 20.3 Å². The number of ether oxygens (including phenoxy) is 2. The number of hydrogen-bond acceptors (Lipinski definition) is 5. The van der Waals surface area contributed by atoms with Crippen molar-refractivity contribution >= 4 is 22.8 Å². The minimum absolute atomic E-state index is 0.0451. The molecule has 3 aromatic rings. The molecule has 2 N–H and O–H groups in total. The monoisotopic (exact) mass is 378 g/mol.